The molecule has 2 aromatic heterocycles. The monoisotopic (exact) mass is 362 g/mol. The Labute approximate surface area is 155 Å². The van der Waals surface area contributed by atoms with Crippen molar-refractivity contribution in [1.82, 2.24) is 19.7 Å². The van der Waals surface area contributed by atoms with E-state index in [-0.39, 0.29) is 5.78 Å². The molecule has 0 bridgehead atoms. The molecular weight excluding hydrogens is 344 g/mol. The topological polar surface area (TPSA) is 63.6 Å². The molecule has 4 aromatic rings. The van der Waals surface area contributed by atoms with Crippen LogP contribution in [-0.2, 0) is 6.54 Å². The number of carbonyl (C=O) groups is 1. The van der Waals surface area contributed by atoms with Gasteiger partial charge in [0.25, 0.3) is 0 Å². The summed E-state index contributed by atoms with van der Waals surface area (Å²) in [6.45, 7) is 2.80. The van der Waals surface area contributed by atoms with E-state index in [9.17, 15) is 4.79 Å². The van der Waals surface area contributed by atoms with Gasteiger partial charge in [-0.05, 0) is 13.0 Å². The highest BCUT2D eigenvalue weighted by Crippen LogP contribution is 2.30. The summed E-state index contributed by atoms with van der Waals surface area (Å²) in [6.07, 6.45) is 1.96. The number of hydrogen-bond donors (Lipinski definition) is 1. The van der Waals surface area contributed by atoms with E-state index in [1.54, 1.807) is 0 Å². The maximum Gasteiger partial charge on any atom is 0.191 e. The predicted molar refractivity (Wildman–Crippen MR) is 104 cm³/mol. The lowest BCUT2D eigenvalue weighted by Crippen LogP contribution is -2.05. The number of H-pyrrole nitrogens is 1. The van der Waals surface area contributed by atoms with Crippen LogP contribution in [0.4, 0.5) is 0 Å². The molecule has 0 aliphatic carbocycles. The molecule has 4 rings (SSSR count). The van der Waals surface area contributed by atoms with Gasteiger partial charge in [-0.15, -0.1) is 10.2 Å². The Balaban J connectivity index is 1.60. The summed E-state index contributed by atoms with van der Waals surface area (Å²) in [7, 11) is 0. The van der Waals surface area contributed by atoms with Gasteiger partial charge >= 0.3 is 0 Å². The van der Waals surface area contributed by atoms with Crippen molar-refractivity contribution in [3.8, 4) is 11.4 Å². The number of ketones is 1. The number of thioether (sulfide) groups is 1. The van der Waals surface area contributed by atoms with Crippen molar-refractivity contribution < 1.29 is 4.79 Å². The van der Waals surface area contributed by atoms with Gasteiger partial charge < -0.3 is 9.55 Å². The SMILES string of the molecule is CCn1c(SCC(=O)c2ccccc2)nnc1-c1c[nH]c2ccccc12. The molecule has 0 aliphatic heterocycles. The van der Waals surface area contributed by atoms with Gasteiger partial charge in [0.2, 0.25) is 0 Å². The third-order valence-corrected chi connectivity index (χ3v) is 5.26. The Bertz CT molecular complexity index is 1050. The van der Waals surface area contributed by atoms with E-state index < -0.39 is 0 Å². The molecule has 0 fully saturated rings. The minimum absolute atomic E-state index is 0.0925. The van der Waals surface area contributed by atoms with E-state index >= 15 is 0 Å². The zero-order valence-corrected chi connectivity index (χ0v) is 15.2. The summed E-state index contributed by atoms with van der Waals surface area (Å²) in [4.78, 5) is 15.6. The fourth-order valence-electron chi connectivity index (χ4n) is 2.97. The number of aromatic nitrogens is 4. The van der Waals surface area contributed by atoms with Crippen LogP contribution in [0, 0.1) is 0 Å². The number of para-hydroxylation sites is 1. The second-order valence-electron chi connectivity index (χ2n) is 5.88. The summed E-state index contributed by atoms with van der Waals surface area (Å²) in [5.41, 5.74) is 2.82. The molecule has 0 spiro atoms. The first-order chi connectivity index (χ1) is 12.8. The molecule has 0 saturated carbocycles. The highest BCUT2D eigenvalue weighted by atomic mass is 32.2. The Morgan fingerprint density at radius 1 is 1.08 bits per heavy atom. The molecular formula is C20H18N4OS. The van der Waals surface area contributed by atoms with Crippen LogP contribution in [0.2, 0.25) is 0 Å². The number of nitrogens with one attached hydrogen (secondary N) is 1. The van der Waals surface area contributed by atoms with E-state index in [0.717, 1.165) is 39.6 Å². The molecule has 0 aliphatic rings. The van der Waals surface area contributed by atoms with Crippen LogP contribution in [0.5, 0.6) is 0 Å². The minimum atomic E-state index is 0.0925. The summed E-state index contributed by atoms with van der Waals surface area (Å²) < 4.78 is 2.05. The largest absolute Gasteiger partial charge is 0.360 e. The van der Waals surface area contributed by atoms with E-state index in [0.29, 0.717) is 5.75 Å². The Kier molecular flexibility index (Phi) is 4.58. The molecule has 2 heterocycles. The molecule has 130 valence electrons. The smallest absolute Gasteiger partial charge is 0.191 e. The second-order valence-corrected chi connectivity index (χ2v) is 6.82. The lowest BCUT2D eigenvalue weighted by atomic mass is 10.1. The number of benzene rings is 2. The van der Waals surface area contributed by atoms with Crippen LogP contribution < -0.4 is 0 Å². The normalized spacial score (nSPS) is 11.1. The second kappa shape index (κ2) is 7.17. The van der Waals surface area contributed by atoms with Crippen molar-refractivity contribution in [2.45, 2.75) is 18.6 Å². The summed E-state index contributed by atoms with van der Waals surface area (Å²) in [5.74, 6) is 1.25. The van der Waals surface area contributed by atoms with Gasteiger partial charge in [-0.1, -0.05) is 60.3 Å². The maximum atomic E-state index is 12.3. The lowest BCUT2D eigenvalue weighted by Gasteiger charge is -2.06. The lowest BCUT2D eigenvalue weighted by molar-refractivity contribution is 0.102. The van der Waals surface area contributed by atoms with Crippen LogP contribution in [0.1, 0.15) is 17.3 Å². The van der Waals surface area contributed by atoms with Gasteiger partial charge in [-0.3, -0.25) is 4.79 Å². The number of carbonyl (C=O) groups excluding carboxylic acids is 1. The molecule has 26 heavy (non-hydrogen) atoms. The highest BCUT2D eigenvalue weighted by molar-refractivity contribution is 7.99. The van der Waals surface area contributed by atoms with Crippen molar-refractivity contribution in [2.24, 2.45) is 0 Å². The van der Waals surface area contributed by atoms with Crippen molar-refractivity contribution in [3.63, 3.8) is 0 Å². The molecule has 6 heteroatoms. The number of fused-ring (bicyclic) bond motifs is 1. The van der Waals surface area contributed by atoms with Gasteiger partial charge in [-0.25, -0.2) is 0 Å². The fourth-order valence-corrected chi connectivity index (χ4v) is 3.87. The van der Waals surface area contributed by atoms with Gasteiger partial charge in [0, 0.05) is 34.8 Å². The minimum Gasteiger partial charge on any atom is -0.360 e. The van der Waals surface area contributed by atoms with Crippen molar-refractivity contribution in [2.75, 3.05) is 5.75 Å². The molecule has 0 radical (unpaired) electrons. The Hall–Kier alpha value is -2.86. The van der Waals surface area contributed by atoms with Crippen LogP contribution in [0.3, 0.4) is 0 Å². The molecule has 2 aromatic carbocycles. The van der Waals surface area contributed by atoms with E-state index in [2.05, 4.69) is 32.7 Å². The molecule has 0 atom stereocenters. The van der Waals surface area contributed by atoms with Gasteiger partial charge in [0.1, 0.15) is 0 Å². The number of nitrogens with zero attached hydrogens (tertiary/aromatic N) is 3. The Morgan fingerprint density at radius 2 is 1.85 bits per heavy atom. The van der Waals surface area contributed by atoms with E-state index in [4.69, 9.17) is 0 Å². The predicted octanol–water partition coefficient (Wildman–Crippen LogP) is 4.42. The first kappa shape index (κ1) is 16.6. The Morgan fingerprint density at radius 3 is 2.65 bits per heavy atom. The number of aromatic amines is 1. The van der Waals surface area contributed by atoms with Crippen LogP contribution in [0.25, 0.3) is 22.3 Å². The van der Waals surface area contributed by atoms with Crippen LogP contribution in [-0.4, -0.2) is 31.3 Å². The number of Topliss-reactive ketones (excluding diaryl/α,β-unsaturated/α-hetero) is 1. The molecule has 0 unspecified atom stereocenters. The zero-order chi connectivity index (χ0) is 17.9. The molecule has 5 nitrogen and oxygen atoms in total. The van der Waals surface area contributed by atoms with E-state index in [1.807, 2.05) is 54.7 Å². The van der Waals surface area contributed by atoms with Crippen molar-refractivity contribution in [1.29, 1.82) is 0 Å². The highest BCUT2D eigenvalue weighted by Gasteiger charge is 2.17. The maximum absolute atomic E-state index is 12.3. The van der Waals surface area contributed by atoms with Crippen molar-refractivity contribution >= 4 is 28.4 Å². The molecule has 0 amide bonds. The molecule has 1 N–H and O–H groups in total. The van der Waals surface area contributed by atoms with Crippen LogP contribution in [0.15, 0.2) is 66.0 Å². The average molecular weight is 362 g/mol. The first-order valence-electron chi connectivity index (χ1n) is 8.48. The number of hydrogen-bond acceptors (Lipinski definition) is 4. The summed E-state index contributed by atoms with van der Waals surface area (Å²) >= 11 is 1.43. The van der Waals surface area contributed by atoms with Gasteiger partial charge in [0.15, 0.2) is 16.8 Å². The van der Waals surface area contributed by atoms with Crippen LogP contribution >= 0.6 is 11.8 Å². The quantitative estimate of drug-likeness (QED) is 0.407. The number of rotatable bonds is 6. The van der Waals surface area contributed by atoms with E-state index in [1.165, 1.54) is 11.8 Å². The van der Waals surface area contributed by atoms with Gasteiger partial charge in [-0.2, -0.15) is 0 Å². The third kappa shape index (κ3) is 3.04. The van der Waals surface area contributed by atoms with Gasteiger partial charge in [0.05, 0.1) is 5.75 Å². The standard InChI is InChI=1S/C20H18N4OS/c1-2-24-19(16-12-21-17-11-7-6-10-15(16)17)22-23-20(24)26-13-18(25)14-8-4-3-5-9-14/h3-12,21H,2,13H2,1H3. The fraction of sp³-hybridized carbons (Fsp3) is 0.150. The summed E-state index contributed by atoms with van der Waals surface area (Å²) in [6, 6.07) is 17.5. The average Bonchev–Trinajstić information content (AvgIpc) is 3.30. The summed E-state index contributed by atoms with van der Waals surface area (Å²) in [5, 5.41) is 10.6. The van der Waals surface area contributed by atoms with Crippen molar-refractivity contribution in [3.05, 3.63) is 66.4 Å². The molecule has 0 saturated heterocycles. The third-order valence-electron chi connectivity index (χ3n) is 4.29. The first-order valence-corrected chi connectivity index (χ1v) is 9.47. The zero-order valence-electron chi connectivity index (χ0n) is 14.3.